The Hall–Kier alpha value is -3.07. The van der Waals surface area contributed by atoms with E-state index in [-0.39, 0.29) is 30.8 Å². The number of amides is 2. The van der Waals surface area contributed by atoms with E-state index in [1.807, 2.05) is 0 Å². The number of aryl methyl sites for hydroxylation is 1. The Kier molecular flexibility index (Phi) is 5.28. The van der Waals surface area contributed by atoms with E-state index < -0.39 is 23.6 Å². The lowest BCUT2D eigenvalue weighted by molar-refractivity contribution is -0.137. The number of rotatable bonds is 2. The van der Waals surface area contributed by atoms with Gasteiger partial charge in [-0.1, -0.05) is 6.07 Å². The van der Waals surface area contributed by atoms with Crippen LogP contribution < -0.4 is 10.2 Å². The van der Waals surface area contributed by atoms with Gasteiger partial charge in [0.1, 0.15) is 12.4 Å². The van der Waals surface area contributed by atoms with Crippen LogP contribution in [-0.2, 0) is 12.7 Å². The Morgan fingerprint density at radius 3 is 2.57 bits per heavy atom. The van der Waals surface area contributed by atoms with Crippen LogP contribution in [0.1, 0.15) is 37.4 Å². The second-order valence-corrected chi connectivity index (χ2v) is 6.42. The number of fused-ring (bicyclic) bond motifs is 1. The first kappa shape index (κ1) is 19.7. The SMILES string of the molecule is Cc1cc(C(=O)N2CCOc3cc(C(=O)NO)ccc3C2)cc(C(F)(F)F)c1. The molecule has 0 radical (unpaired) electrons. The van der Waals surface area contributed by atoms with Crippen LogP contribution in [0.4, 0.5) is 13.2 Å². The number of alkyl halides is 3. The predicted octanol–water partition coefficient (Wildman–Crippen LogP) is 3.17. The van der Waals surface area contributed by atoms with Crippen molar-refractivity contribution in [2.24, 2.45) is 0 Å². The van der Waals surface area contributed by atoms with E-state index in [0.717, 1.165) is 12.1 Å². The van der Waals surface area contributed by atoms with Gasteiger partial charge in [0, 0.05) is 23.2 Å². The zero-order chi connectivity index (χ0) is 20.5. The Bertz CT molecular complexity index is 928. The van der Waals surface area contributed by atoms with Gasteiger partial charge in [0.15, 0.2) is 0 Å². The first-order chi connectivity index (χ1) is 13.2. The van der Waals surface area contributed by atoms with Crippen LogP contribution in [0, 0.1) is 6.92 Å². The minimum atomic E-state index is -4.54. The number of hydrogen-bond acceptors (Lipinski definition) is 4. The molecule has 0 fully saturated rings. The molecular weight excluding hydrogens is 377 g/mol. The molecule has 2 aromatic rings. The fourth-order valence-electron chi connectivity index (χ4n) is 3.00. The van der Waals surface area contributed by atoms with Crippen LogP contribution in [0.3, 0.4) is 0 Å². The highest BCUT2D eigenvalue weighted by atomic mass is 19.4. The van der Waals surface area contributed by atoms with Crippen molar-refractivity contribution in [1.29, 1.82) is 0 Å². The highest BCUT2D eigenvalue weighted by molar-refractivity contribution is 5.95. The number of carbonyl (C=O) groups is 2. The standard InChI is InChI=1S/C19H17F3N2O4/c1-11-6-14(8-15(7-11)19(20,21)22)18(26)24-4-5-28-16-9-12(17(25)23-27)2-3-13(16)10-24/h2-3,6-9,27H,4-5,10H2,1H3,(H,23,25). The molecule has 1 aliphatic rings. The summed E-state index contributed by atoms with van der Waals surface area (Å²) in [5.41, 5.74) is 1.72. The zero-order valence-corrected chi connectivity index (χ0v) is 14.8. The zero-order valence-electron chi connectivity index (χ0n) is 14.8. The highest BCUT2D eigenvalue weighted by Crippen LogP contribution is 2.31. The molecule has 0 saturated carbocycles. The molecule has 0 bridgehead atoms. The molecule has 9 heteroatoms. The third kappa shape index (κ3) is 4.09. The lowest BCUT2D eigenvalue weighted by atomic mass is 10.0. The smallest absolute Gasteiger partial charge is 0.416 e. The highest BCUT2D eigenvalue weighted by Gasteiger charge is 2.32. The van der Waals surface area contributed by atoms with E-state index in [2.05, 4.69) is 0 Å². The molecule has 0 atom stereocenters. The number of nitrogens with zero attached hydrogens (tertiary/aromatic N) is 1. The van der Waals surface area contributed by atoms with Gasteiger partial charge in [-0.2, -0.15) is 13.2 Å². The molecule has 0 aromatic heterocycles. The second-order valence-electron chi connectivity index (χ2n) is 6.42. The first-order valence-electron chi connectivity index (χ1n) is 8.37. The summed E-state index contributed by atoms with van der Waals surface area (Å²) in [5, 5.41) is 8.72. The summed E-state index contributed by atoms with van der Waals surface area (Å²) in [6.07, 6.45) is -4.54. The van der Waals surface area contributed by atoms with Crippen molar-refractivity contribution in [2.45, 2.75) is 19.6 Å². The van der Waals surface area contributed by atoms with Gasteiger partial charge in [-0.15, -0.1) is 0 Å². The minimum absolute atomic E-state index is 0.0490. The van der Waals surface area contributed by atoms with Crippen molar-refractivity contribution in [3.05, 3.63) is 64.2 Å². The number of halogens is 3. The molecule has 28 heavy (non-hydrogen) atoms. The molecule has 1 heterocycles. The Balaban J connectivity index is 1.88. The minimum Gasteiger partial charge on any atom is -0.491 e. The first-order valence-corrected chi connectivity index (χ1v) is 8.37. The van der Waals surface area contributed by atoms with Crippen LogP contribution in [0.25, 0.3) is 0 Å². The quantitative estimate of drug-likeness (QED) is 0.606. The summed E-state index contributed by atoms with van der Waals surface area (Å²) in [5.74, 6) is -0.873. The molecule has 1 aliphatic heterocycles. The average molecular weight is 394 g/mol. The van der Waals surface area contributed by atoms with Crippen molar-refractivity contribution < 1.29 is 32.7 Å². The van der Waals surface area contributed by atoms with E-state index in [1.165, 1.54) is 35.5 Å². The number of benzene rings is 2. The van der Waals surface area contributed by atoms with E-state index in [1.54, 1.807) is 6.07 Å². The van der Waals surface area contributed by atoms with Crippen LogP contribution in [0.2, 0.25) is 0 Å². The summed E-state index contributed by atoms with van der Waals surface area (Å²) >= 11 is 0. The molecular formula is C19H17F3N2O4. The summed E-state index contributed by atoms with van der Waals surface area (Å²) in [7, 11) is 0. The van der Waals surface area contributed by atoms with Gasteiger partial charge in [0.05, 0.1) is 12.1 Å². The van der Waals surface area contributed by atoms with E-state index in [0.29, 0.717) is 16.9 Å². The maximum atomic E-state index is 13.1. The topological polar surface area (TPSA) is 78.9 Å². The summed E-state index contributed by atoms with van der Waals surface area (Å²) in [6.45, 7) is 1.90. The van der Waals surface area contributed by atoms with Crippen molar-refractivity contribution in [2.75, 3.05) is 13.2 Å². The Labute approximate surface area is 158 Å². The van der Waals surface area contributed by atoms with Crippen LogP contribution in [0.15, 0.2) is 36.4 Å². The van der Waals surface area contributed by atoms with Gasteiger partial charge in [0.2, 0.25) is 0 Å². The lowest BCUT2D eigenvalue weighted by Gasteiger charge is -2.21. The van der Waals surface area contributed by atoms with Gasteiger partial charge in [-0.25, -0.2) is 5.48 Å². The molecule has 0 spiro atoms. The van der Waals surface area contributed by atoms with Crippen LogP contribution >= 0.6 is 0 Å². The predicted molar refractivity (Wildman–Crippen MR) is 92.1 cm³/mol. The maximum absolute atomic E-state index is 13.1. The van der Waals surface area contributed by atoms with Gasteiger partial charge >= 0.3 is 6.18 Å². The second kappa shape index (κ2) is 7.51. The molecule has 0 unspecified atom stereocenters. The average Bonchev–Trinajstić information content (AvgIpc) is 2.87. The summed E-state index contributed by atoms with van der Waals surface area (Å²) in [6, 6.07) is 7.71. The van der Waals surface area contributed by atoms with Crippen LogP contribution in [0.5, 0.6) is 5.75 Å². The molecule has 2 N–H and O–H groups in total. The van der Waals surface area contributed by atoms with Crippen molar-refractivity contribution in [3.8, 4) is 5.75 Å². The molecule has 3 rings (SSSR count). The number of nitrogens with one attached hydrogen (secondary N) is 1. The molecule has 6 nitrogen and oxygen atoms in total. The summed E-state index contributed by atoms with van der Waals surface area (Å²) < 4.78 is 44.7. The Morgan fingerprint density at radius 2 is 1.89 bits per heavy atom. The number of ether oxygens (including phenoxy) is 1. The maximum Gasteiger partial charge on any atom is 0.416 e. The lowest BCUT2D eigenvalue weighted by Crippen LogP contribution is -2.32. The summed E-state index contributed by atoms with van der Waals surface area (Å²) in [4.78, 5) is 25.7. The van der Waals surface area contributed by atoms with Gasteiger partial charge in [-0.3, -0.25) is 14.8 Å². The molecule has 148 valence electrons. The van der Waals surface area contributed by atoms with E-state index >= 15 is 0 Å². The normalized spacial score (nSPS) is 14.0. The third-order valence-corrected chi connectivity index (χ3v) is 4.35. The Morgan fingerprint density at radius 1 is 1.14 bits per heavy atom. The molecule has 2 amide bonds. The third-order valence-electron chi connectivity index (χ3n) is 4.35. The van der Waals surface area contributed by atoms with E-state index in [9.17, 15) is 22.8 Å². The van der Waals surface area contributed by atoms with Gasteiger partial charge in [0.25, 0.3) is 11.8 Å². The van der Waals surface area contributed by atoms with Gasteiger partial charge < -0.3 is 9.64 Å². The van der Waals surface area contributed by atoms with Crippen molar-refractivity contribution >= 4 is 11.8 Å². The van der Waals surface area contributed by atoms with E-state index in [4.69, 9.17) is 9.94 Å². The molecule has 0 saturated heterocycles. The van der Waals surface area contributed by atoms with Crippen LogP contribution in [-0.4, -0.2) is 35.1 Å². The molecule has 0 aliphatic carbocycles. The van der Waals surface area contributed by atoms with Crippen molar-refractivity contribution in [1.82, 2.24) is 10.4 Å². The van der Waals surface area contributed by atoms with Crippen molar-refractivity contribution in [3.63, 3.8) is 0 Å². The number of hydroxylamine groups is 1. The fourth-order valence-corrected chi connectivity index (χ4v) is 3.00. The van der Waals surface area contributed by atoms with Gasteiger partial charge in [-0.05, 0) is 42.8 Å². The number of carbonyl (C=O) groups excluding carboxylic acids is 2. The number of hydrogen-bond donors (Lipinski definition) is 2. The monoisotopic (exact) mass is 394 g/mol. The largest absolute Gasteiger partial charge is 0.491 e. The fraction of sp³-hybridized carbons (Fsp3) is 0.263. The molecule has 2 aromatic carbocycles.